The zero-order valence-electron chi connectivity index (χ0n) is 10.0. The smallest absolute Gasteiger partial charge is 0.116 e. The molecule has 0 nitrogen and oxygen atoms in total. The molecule has 0 radical (unpaired) electrons. The second-order valence-electron chi connectivity index (χ2n) is 6.00. The topological polar surface area (TPSA) is 0 Å². The van der Waals surface area contributed by atoms with Gasteiger partial charge in [-0.3, -0.25) is 0 Å². The second-order valence-corrected chi connectivity index (χ2v) is 6.00. The van der Waals surface area contributed by atoms with Gasteiger partial charge in [-0.25, -0.2) is 4.39 Å². The van der Waals surface area contributed by atoms with E-state index in [1.54, 1.807) is 6.92 Å². The minimum Gasteiger partial charge on any atom is -0.243 e. The third kappa shape index (κ3) is 2.06. The van der Waals surface area contributed by atoms with Crippen molar-refractivity contribution in [1.82, 2.24) is 0 Å². The van der Waals surface area contributed by atoms with Crippen LogP contribution in [0.4, 0.5) is 4.39 Å². The van der Waals surface area contributed by atoms with E-state index in [1.165, 1.54) is 16.7 Å². The Kier molecular flexibility index (Phi) is 2.18. The monoisotopic (exact) mass is 206 g/mol. The van der Waals surface area contributed by atoms with Crippen LogP contribution in [0.15, 0.2) is 18.2 Å². The number of fused-ring (bicyclic) bond motifs is 1. The summed E-state index contributed by atoms with van der Waals surface area (Å²) in [6, 6.07) is 6.42. The molecule has 0 aromatic heterocycles. The maximum atomic E-state index is 13.8. The highest BCUT2D eigenvalue weighted by atomic mass is 19.1. The second kappa shape index (κ2) is 3.07. The first-order valence-electron chi connectivity index (χ1n) is 5.59. The molecule has 1 aromatic carbocycles. The van der Waals surface area contributed by atoms with Crippen LogP contribution >= 0.6 is 0 Å². The van der Waals surface area contributed by atoms with Gasteiger partial charge < -0.3 is 0 Å². The Morgan fingerprint density at radius 1 is 1.13 bits per heavy atom. The molecular formula is C14H19F. The van der Waals surface area contributed by atoms with Crippen LogP contribution in [-0.4, -0.2) is 5.67 Å². The SMILES string of the molecule is CC1(F)Cc2ccc(C(C)(C)C)cc2C1. The summed E-state index contributed by atoms with van der Waals surface area (Å²) >= 11 is 0. The van der Waals surface area contributed by atoms with Crippen molar-refractivity contribution in [3.05, 3.63) is 34.9 Å². The van der Waals surface area contributed by atoms with Gasteiger partial charge in [0.25, 0.3) is 0 Å². The normalized spacial score (nSPS) is 25.4. The van der Waals surface area contributed by atoms with Crippen molar-refractivity contribution in [3.8, 4) is 0 Å². The maximum absolute atomic E-state index is 13.8. The maximum Gasteiger partial charge on any atom is 0.116 e. The molecule has 0 heterocycles. The zero-order chi connectivity index (χ0) is 11.3. The van der Waals surface area contributed by atoms with E-state index in [1.807, 2.05) is 0 Å². The van der Waals surface area contributed by atoms with Crippen LogP contribution in [0.5, 0.6) is 0 Å². The van der Waals surface area contributed by atoms with E-state index in [-0.39, 0.29) is 5.41 Å². The molecule has 1 aromatic rings. The van der Waals surface area contributed by atoms with Gasteiger partial charge in [-0.1, -0.05) is 39.0 Å². The van der Waals surface area contributed by atoms with Gasteiger partial charge in [-0.05, 0) is 29.0 Å². The van der Waals surface area contributed by atoms with Crippen molar-refractivity contribution in [2.24, 2.45) is 0 Å². The predicted octanol–water partition coefficient (Wildman–Crippen LogP) is 3.81. The van der Waals surface area contributed by atoms with Gasteiger partial charge >= 0.3 is 0 Å². The summed E-state index contributed by atoms with van der Waals surface area (Å²) in [6.07, 6.45) is 1.15. The Hall–Kier alpha value is -0.850. The summed E-state index contributed by atoms with van der Waals surface area (Å²) in [6.45, 7) is 8.28. The molecule has 2 rings (SSSR count). The lowest BCUT2D eigenvalue weighted by Crippen LogP contribution is -2.16. The van der Waals surface area contributed by atoms with Crippen LogP contribution in [0.25, 0.3) is 0 Å². The number of benzene rings is 1. The molecule has 0 fully saturated rings. The van der Waals surface area contributed by atoms with Gasteiger partial charge in [-0.15, -0.1) is 0 Å². The number of hydrogen-bond donors (Lipinski definition) is 0. The molecule has 82 valence electrons. The minimum atomic E-state index is -1.03. The minimum absolute atomic E-state index is 0.157. The van der Waals surface area contributed by atoms with Crippen LogP contribution in [0.3, 0.4) is 0 Å². The van der Waals surface area contributed by atoms with E-state index >= 15 is 0 Å². The first-order valence-corrected chi connectivity index (χ1v) is 5.59. The molecule has 0 bridgehead atoms. The van der Waals surface area contributed by atoms with Crippen LogP contribution in [0.2, 0.25) is 0 Å². The Morgan fingerprint density at radius 2 is 1.73 bits per heavy atom. The molecule has 1 heteroatoms. The molecule has 0 saturated carbocycles. The summed E-state index contributed by atoms with van der Waals surface area (Å²) in [5.41, 5.74) is 2.82. The largest absolute Gasteiger partial charge is 0.243 e. The Balaban J connectivity index is 2.39. The fraction of sp³-hybridized carbons (Fsp3) is 0.571. The summed E-state index contributed by atoms with van der Waals surface area (Å²) < 4.78 is 13.8. The molecule has 0 amide bonds. The van der Waals surface area contributed by atoms with Crippen molar-refractivity contribution in [2.75, 3.05) is 0 Å². The zero-order valence-corrected chi connectivity index (χ0v) is 10.0. The average Bonchev–Trinajstić information content (AvgIpc) is 2.34. The Morgan fingerprint density at radius 3 is 2.33 bits per heavy atom. The number of alkyl halides is 1. The van der Waals surface area contributed by atoms with Gasteiger partial charge in [0, 0.05) is 12.8 Å². The summed E-state index contributed by atoms with van der Waals surface area (Å²) in [7, 11) is 0. The molecule has 0 spiro atoms. The van der Waals surface area contributed by atoms with E-state index < -0.39 is 5.67 Å². The van der Waals surface area contributed by atoms with Gasteiger partial charge in [0.2, 0.25) is 0 Å². The van der Waals surface area contributed by atoms with Crippen molar-refractivity contribution < 1.29 is 4.39 Å². The first kappa shape index (κ1) is 10.7. The predicted molar refractivity (Wildman–Crippen MR) is 62.1 cm³/mol. The third-order valence-corrected chi connectivity index (χ3v) is 3.19. The lowest BCUT2D eigenvalue weighted by atomic mass is 9.85. The van der Waals surface area contributed by atoms with E-state index in [2.05, 4.69) is 39.0 Å². The quantitative estimate of drug-likeness (QED) is 0.605. The van der Waals surface area contributed by atoms with Gasteiger partial charge in [-0.2, -0.15) is 0 Å². The molecule has 0 aliphatic heterocycles. The van der Waals surface area contributed by atoms with E-state index in [0.29, 0.717) is 12.8 Å². The highest BCUT2D eigenvalue weighted by molar-refractivity contribution is 5.40. The molecule has 1 aliphatic rings. The fourth-order valence-electron chi connectivity index (χ4n) is 2.29. The van der Waals surface area contributed by atoms with Gasteiger partial charge in [0.1, 0.15) is 5.67 Å². The van der Waals surface area contributed by atoms with Crippen molar-refractivity contribution in [3.63, 3.8) is 0 Å². The summed E-state index contributed by atoms with van der Waals surface area (Å²) in [5.74, 6) is 0. The molecule has 15 heavy (non-hydrogen) atoms. The molecule has 0 saturated heterocycles. The first-order chi connectivity index (χ1) is 6.78. The number of rotatable bonds is 0. The molecule has 1 atom stereocenters. The van der Waals surface area contributed by atoms with Crippen LogP contribution in [-0.2, 0) is 18.3 Å². The Labute approximate surface area is 91.5 Å². The van der Waals surface area contributed by atoms with Gasteiger partial charge in [0.15, 0.2) is 0 Å². The highest BCUT2D eigenvalue weighted by Crippen LogP contribution is 2.35. The van der Waals surface area contributed by atoms with E-state index in [0.717, 1.165) is 0 Å². The summed E-state index contributed by atoms with van der Waals surface area (Å²) in [4.78, 5) is 0. The number of hydrogen-bond acceptors (Lipinski definition) is 0. The van der Waals surface area contributed by atoms with Crippen molar-refractivity contribution in [2.45, 2.75) is 51.6 Å². The van der Waals surface area contributed by atoms with E-state index in [9.17, 15) is 4.39 Å². The van der Waals surface area contributed by atoms with Gasteiger partial charge in [0.05, 0.1) is 0 Å². The van der Waals surface area contributed by atoms with Crippen LogP contribution < -0.4 is 0 Å². The van der Waals surface area contributed by atoms with Crippen LogP contribution in [0, 0.1) is 0 Å². The fourth-order valence-corrected chi connectivity index (χ4v) is 2.29. The molecule has 1 unspecified atom stereocenters. The lowest BCUT2D eigenvalue weighted by Gasteiger charge is -2.19. The molecular weight excluding hydrogens is 187 g/mol. The Bertz CT molecular complexity index is 383. The van der Waals surface area contributed by atoms with E-state index in [4.69, 9.17) is 0 Å². The van der Waals surface area contributed by atoms with Crippen LogP contribution in [0.1, 0.15) is 44.4 Å². The highest BCUT2D eigenvalue weighted by Gasteiger charge is 2.33. The summed E-state index contributed by atoms with van der Waals surface area (Å²) in [5, 5.41) is 0. The molecule has 1 aliphatic carbocycles. The average molecular weight is 206 g/mol. The third-order valence-electron chi connectivity index (χ3n) is 3.19. The van der Waals surface area contributed by atoms with Crippen molar-refractivity contribution >= 4 is 0 Å². The molecule has 0 N–H and O–H groups in total. The standard InChI is InChI=1S/C14H19F/c1-13(2,3)12-6-5-10-8-14(4,15)9-11(10)7-12/h5-7H,8-9H2,1-4H3. The number of halogens is 1. The lowest BCUT2D eigenvalue weighted by molar-refractivity contribution is 0.205. The van der Waals surface area contributed by atoms with Crippen molar-refractivity contribution in [1.29, 1.82) is 0 Å².